The number of rotatable bonds is 4. The summed E-state index contributed by atoms with van der Waals surface area (Å²) in [4.78, 5) is 10.5. The van der Waals surface area contributed by atoms with Crippen molar-refractivity contribution >= 4 is 37.6 Å². The molecule has 0 bridgehead atoms. The smallest absolute Gasteiger partial charge is 0.357 e. The van der Waals surface area contributed by atoms with Gasteiger partial charge in [-0.05, 0) is 35.0 Å². The summed E-state index contributed by atoms with van der Waals surface area (Å²) in [5, 5.41) is 14.7. The maximum Gasteiger partial charge on any atom is 0.357 e. The van der Waals surface area contributed by atoms with Crippen LogP contribution in [0.2, 0.25) is 0 Å². The molecule has 1 aromatic carbocycles. The van der Waals surface area contributed by atoms with E-state index in [2.05, 4.69) is 26.1 Å². The number of para-hydroxylation sites is 1. The number of hydrogen-bond donors (Lipinski definition) is 3. The van der Waals surface area contributed by atoms with Crippen LogP contribution in [0.25, 0.3) is 0 Å². The molecule has 2 rings (SSSR count). The molecule has 0 atom stereocenters. The lowest BCUT2D eigenvalue weighted by molar-refractivity contribution is 0.0686. The lowest BCUT2D eigenvalue weighted by Gasteiger charge is -2.10. The predicted octanol–water partition coefficient (Wildman–Crippen LogP) is 2.12. The van der Waals surface area contributed by atoms with Gasteiger partial charge in [0.15, 0.2) is 5.69 Å². The van der Waals surface area contributed by atoms with Crippen LogP contribution in [0.3, 0.4) is 0 Å². The zero-order valence-corrected chi connectivity index (χ0v) is 12.9. The Morgan fingerprint density at radius 2 is 2.14 bits per heavy atom. The third-order valence-corrected chi connectivity index (χ3v) is 4.73. The van der Waals surface area contributed by atoms with E-state index in [1.54, 1.807) is 0 Å². The minimum Gasteiger partial charge on any atom is -0.476 e. The Hall–Kier alpha value is -1.94. The molecule has 0 aliphatic carbocycles. The number of halogens is 2. The maximum atomic E-state index is 13.7. The van der Waals surface area contributed by atoms with Gasteiger partial charge in [-0.25, -0.2) is 17.6 Å². The Morgan fingerprint density at radius 3 is 2.71 bits per heavy atom. The molecule has 1 aromatic heterocycles. The van der Waals surface area contributed by atoms with Gasteiger partial charge >= 0.3 is 5.97 Å². The highest BCUT2D eigenvalue weighted by Crippen LogP contribution is 2.29. The van der Waals surface area contributed by atoms with Gasteiger partial charge in [0.1, 0.15) is 10.7 Å². The molecule has 0 fully saturated rings. The third-order valence-electron chi connectivity index (χ3n) is 2.56. The van der Waals surface area contributed by atoms with Crippen LogP contribution in [0, 0.1) is 12.7 Å². The molecule has 0 saturated carbocycles. The highest BCUT2D eigenvalue weighted by Gasteiger charge is 2.29. The lowest BCUT2D eigenvalue weighted by atomic mass is 10.3. The van der Waals surface area contributed by atoms with E-state index in [-0.39, 0.29) is 15.9 Å². The Balaban J connectivity index is 2.54. The third kappa shape index (κ3) is 2.90. The molecule has 0 aliphatic rings. The van der Waals surface area contributed by atoms with Gasteiger partial charge in [-0.1, -0.05) is 6.07 Å². The van der Waals surface area contributed by atoms with Crippen molar-refractivity contribution in [2.75, 3.05) is 4.72 Å². The highest BCUT2D eigenvalue weighted by molar-refractivity contribution is 9.10. The fourth-order valence-electron chi connectivity index (χ4n) is 1.67. The van der Waals surface area contributed by atoms with Crippen molar-refractivity contribution in [2.24, 2.45) is 0 Å². The molecule has 10 heteroatoms. The number of aromatic carboxylic acids is 1. The van der Waals surface area contributed by atoms with Gasteiger partial charge in [0.05, 0.1) is 11.4 Å². The second-order valence-corrected chi connectivity index (χ2v) is 6.51. The summed E-state index contributed by atoms with van der Waals surface area (Å²) < 4.78 is 40.5. The number of nitrogens with one attached hydrogen (secondary N) is 2. The Labute approximate surface area is 127 Å². The number of carbonyl (C=O) groups is 1. The van der Waals surface area contributed by atoms with Crippen LogP contribution < -0.4 is 4.72 Å². The van der Waals surface area contributed by atoms with Crippen molar-refractivity contribution in [1.29, 1.82) is 0 Å². The predicted molar refractivity (Wildman–Crippen MR) is 75.2 cm³/mol. The van der Waals surface area contributed by atoms with Gasteiger partial charge in [0, 0.05) is 4.47 Å². The quantitative estimate of drug-likeness (QED) is 0.755. The van der Waals surface area contributed by atoms with E-state index in [0.717, 1.165) is 6.07 Å². The van der Waals surface area contributed by atoms with Crippen LogP contribution in [-0.4, -0.2) is 29.7 Å². The van der Waals surface area contributed by atoms with Gasteiger partial charge in [0.25, 0.3) is 10.0 Å². The summed E-state index contributed by atoms with van der Waals surface area (Å²) in [5.41, 5.74) is -0.936. The van der Waals surface area contributed by atoms with E-state index in [1.165, 1.54) is 19.1 Å². The van der Waals surface area contributed by atoms with E-state index in [1.807, 2.05) is 4.72 Å². The molecule has 0 spiro atoms. The number of carboxylic acids is 1. The molecule has 3 N–H and O–H groups in total. The van der Waals surface area contributed by atoms with Crippen LogP contribution in [0.1, 0.15) is 16.2 Å². The van der Waals surface area contributed by atoms with Crippen LogP contribution in [0.15, 0.2) is 27.6 Å². The summed E-state index contributed by atoms with van der Waals surface area (Å²) in [6.07, 6.45) is 0. The largest absolute Gasteiger partial charge is 0.476 e. The highest BCUT2D eigenvalue weighted by atomic mass is 79.9. The van der Waals surface area contributed by atoms with Crippen LogP contribution in [0.4, 0.5) is 10.1 Å². The second-order valence-electron chi connectivity index (χ2n) is 4.03. The molecular formula is C11H9BrFN3O4S. The summed E-state index contributed by atoms with van der Waals surface area (Å²) in [5.74, 6) is -2.31. The molecule has 7 nitrogen and oxygen atoms in total. The van der Waals surface area contributed by atoms with Crippen molar-refractivity contribution in [3.05, 3.63) is 39.9 Å². The molecule has 21 heavy (non-hydrogen) atoms. The molecule has 2 aromatic rings. The van der Waals surface area contributed by atoms with Crippen molar-refractivity contribution in [3.63, 3.8) is 0 Å². The average molecular weight is 378 g/mol. The van der Waals surface area contributed by atoms with E-state index in [0.29, 0.717) is 0 Å². The number of sulfonamides is 1. The minimum atomic E-state index is -4.32. The topological polar surface area (TPSA) is 112 Å². The number of benzene rings is 1. The fraction of sp³-hybridized carbons (Fsp3) is 0.0909. The van der Waals surface area contributed by atoms with Gasteiger partial charge in [-0.3, -0.25) is 9.82 Å². The number of aromatic nitrogens is 2. The first-order valence-electron chi connectivity index (χ1n) is 5.49. The molecule has 0 unspecified atom stereocenters. The zero-order valence-electron chi connectivity index (χ0n) is 10.5. The number of aryl methyl sites for hydroxylation is 1. The zero-order chi connectivity index (χ0) is 15.8. The molecule has 1 heterocycles. The van der Waals surface area contributed by atoms with Crippen molar-refractivity contribution in [2.45, 2.75) is 11.8 Å². The van der Waals surface area contributed by atoms with Crippen LogP contribution >= 0.6 is 15.9 Å². The molecule has 0 aliphatic heterocycles. The molecule has 0 radical (unpaired) electrons. The average Bonchev–Trinajstić information content (AvgIpc) is 2.77. The summed E-state index contributed by atoms with van der Waals surface area (Å²) in [6, 6.07) is 3.91. The van der Waals surface area contributed by atoms with Gasteiger partial charge in [-0.2, -0.15) is 5.10 Å². The van der Waals surface area contributed by atoms with Gasteiger partial charge in [-0.15, -0.1) is 0 Å². The monoisotopic (exact) mass is 377 g/mol. The van der Waals surface area contributed by atoms with Crippen molar-refractivity contribution < 1.29 is 22.7 Å². The first-order chi connectivity index (χ1) is 9.74. The summed E-state index contributed by atoms with van der Waals surface area (Å²) >= 11 is 3.02. The van der Waals surface area contributed by atoms with E-state index in [9.17, 15) is 17.6 Å². The summed E-state index contributed by atoms with van der Waals surface area (Å²) in [7, 11) is -4.32. The van der Waals surface area contributed by atoms with Crippen molar-refractivity contribution in [1.82, 2.24) is 10.2 Å². The standard InChI is InChI=1S/C11H9BrFN3O4S/c1-5-10(9(11(17)18)15-14-5)21(19,20)16-8-6(12)3-2-4-7(8)13/h2-4,16H,1H3,(H,14,15)(H,17,18). The lowest BCUT2D eigenvalue weighted by Crippen LogP contribution is -2.18. The number of hydrogen-bond acceptors (Lipinski definition) is 4. The number of anilines is 1. The second kappa shape index (κ2) is 5.45. The molecular weight excluding hydrogens is 369 g/mol. The van der Waals surface area contributed by atoms with Gasteiger partial charge in [0.2, 0.25) is 0 Å². The van der Waals surface area contributed by atoms with E-state index < -0.39 is 32.4 Å². The Kier molecular flexibility index (Phi) is 4.01. The Bertz CT molecular complexity index is 799. The van der Waals surface area contributed by atoms with E-state index in [4.69, 9.17) is 5.11 Å². The first kappa shape index (κ1) is 15.4. The van der Waals surface area contributed by atoms with Crippen molar-refractivity contribution in [3.8, 4) is 0 Å². The van der Waals surface area contributed by atoms with Gasteiger partial charge < -0.3 is 5.11 Å². The molecule has 0 amide bonds. The normalized spacial score (nSPS) is 11.4. The van der Waals surface area contributed by atoms with E-state index >= 15 is 0 Å². The van der Waals surface area contributed by atoms with Crippen LogP contribution in [-0.2, 0) is 10.0 Å². The number of aromatic amines is 1. The summed E-state index contributed by atoms with van der Waals surface area (Å²) in [6.45, 7) is 1.35. The Morgan fingerprint density at radius 1 is 1.48 bits per heavy atom. The maximum absolute atomic E-state index is 13.7. The molecule has 112 valence electrons. The minimum absolute atomic E-state index is 0.0346. The molecule has 0 saturated heterocycles. The first-order valence-corrected chi connectivity index (χ1v) is 7.76. The number of carboxylic acid groups (broad SMARTS) is 1. The van der Waals surface area contributed by atoms with Crippen LogP contribution in [0.5, 0.6) is 0 Å². The number of nitrogens with zero attached hydrogens (tertiary/aromatic N) is 1. The fourth-order valence-corrected chi connectivity index (χ4v) is 3.66. The number of H-pyrrole nitrogens is 1. The SMILES string of the molecule is Cc1[nH]nc(C(=O)O)c1S(=O)(=O)Nc1c(F)cccc1Br.